The maximum Gasteiger partial charge on any atom is 1.00 e. The quantitative estimate of drug-likeness (QED) is 0.550. The van der Waals surface area contributed by atoms with E-state index in [1.54, 1.807) is 0 Å². The predicted molar refractivity (Wildman–Crippen MR) is 43.0 cm³/mol. The molecule has 1 aromatic heterocycles. The maximum absolute atomic E-state index is 12.6. The van der Waals surface area contributed by atoms with E-state index in [1.165, 1.54) is 0 Å². The van der Waals surface area contributed by atoms with Gasteiger partial charge < -0.3 is 12.9 Å². The second kappa shape index (κ2) is 5.45. The molecule has 0 N–H and O–H groups in total. The standard InChI is InChI=1S/C6H2BF8S.K/c8-5(9,6(10,11)12)4-1-3(2-16-4)7(13,14)15;/h1-2H;/q-1;+1. The second-order valence-electron chi connectivity index (χ2n) is 2.89. The van der Waals surface area contributed by atoms with Gasteiger partial charge in [0.05, 0.1) is 4.88 Å². The molecule has 0 saturated carbocycles. The third-order valence-corrected chi connectivity index (χ3v) is 2.68. The van der Waals surface area contributed by atoms with Crippen molar-refractivity contribution in [3.63, 3.8) is 0 Å². The SMILES string of the molecule is F[B-](F)(F)c1csc(C(F)(F)C(F)(F)F)c1.[K+]. The summed E-state index contributed by atoms with van der Waals surface area (Å²) in [5.74, 6) is -5.25. The fraction of sp³-hybridized carbons (Fsp3) is 0.333. The normalized spacial score (nSPS) is 13.4. The topological polar surface area (TPSA) is 0 Å². The number of halogens is 8. The summed E-state index contributed by atoms with van der Waals surface area (Å²) < 4.78 is 96.7. The summed E-state index contributed by atoms with van der Waals surface area (Å²) in [6, 6.07) is -0.168. The summed E-state index contributed by atoms with van der Waals surface area (Å²) in [7, 11) is 0. The Morgan fingerprint density at radius 2 is 1.47 bits per heavy atom. The molecule has 0 saturated heterocycles. The van der Waals surface area contributed by atoms with Gasteiger partial charge in [-0.25, -0.2) is 0 Å². The summed E-state index contributed by atoms with van der Waals surface area (Å²) in [6.45, 7) is -5.57. The van der Waals surface area contributed by atoms with E-state index < -0.39 is 29.4 Å². The number of hydrogen-bond donors (Lipinski definition) is 0. The molecule has 0 fully saturated rings. The number of rotatable bonds is 2. The fourth-order valence-corrected chi connectivity index (χ4v) is 1.78. The number of alkyl halides is 5. The molecule has 1 aromatic rings. The third kappa shape index (κ3) is 3.90. The van der Waals surface area contributed by atoms with Crippen LogP contribution >= 0.6 is 11.3 Å². The molecule has 0 nitrogen and oxygen atoms in total. The average Bonchev–Trinajstić information content (AvgIpc) is 2.47. The van der Waals surface area contributed by atoms with Crippen LogP contribution in [0.1, 0.15) is 4.88 Å². The maximum atomic E-state index is 12.6. The van der Waals surface area contributed by atoms with E-state index in [0.29, 0.717) is 0 Å². The van der Waals surface area contributed by atoms with Gasteiger partial charge >= 0.3 is 70.5 Å². The van der Waals surface area contributed by atoms with Crippen LogP contribution < -0.4 is 56.8 Å². The van der Waals surface area contributed by atoms with Gasteiger partial charge in [0.2, 0.25) is 0 Å². The molecule has 0 aromatic carbocycles. The van der Waals surface area contributed by atoms with E-state index in [9.17, 15) is 34.9 Å². The Labute approximate surface area is 137 Å². The first-order valence-electron chi connectivity index (χ1n) is 3.69. The van der Waals surface area contributed by atoms with Gasteiger partial charge in [0.15, 0.2) is 0 Å². The smallest absolute Gasteiger partial charge is 0.445 e. The molecule has 92 valence electrons. The van der Waals surface area contributed by atoms with Crippen molar-refractivity contribution in [2.45, 2.75) is 12.1 Å². The first-order valence-corrected chi connectivity index (χ1v) is 4.57. The Bertz CT molecular complexity index is 380. The summed E-state index contributed by atoms with van der Waals surface area (Å²) in [4.78, 5) is -1.66. The number of thiophene rings is 1. The molecule has 0 amide bonds. The van der Waals surface area contributed by atoms with Gasteiger partial charge in [0, 0.05) is 0 Å². The molecule has 0 unspecified atom stereocenters. The van der Waals surface area contributed by atoms with E-state index in [4.69, 9.17) is 0 Å². The van der Waals surface area contributed by atoms with E-state index >= 15 is 0 Å². The minimum absolute atomic E-state index is 0. The molecule has 0 spiro atoms. The van der Waals surface area contributed by atoms with E-state index in [1.807, 2.05) is 0 Å². The molecule has 0 aliphatic carbocycles. The predicted octanol–water partition coefficient (Wildman–Crippen LogP) is 0.461. The molecule has 17 heavy (non-hydrogen) atoms. The van der Waals surface area contributed by atoms with Crippen LogP contribution in [0.5, 0.6) is 0 Å². The third-order valence-electron chi connectivity index (χ3n) is 1.66. The van der Waals surface area contributed by atoms with Gasteiger partial charge in [-0.2, -0.15) is 22.0 Å². The molecule has 1 heterocycles. The minimum atomic E-state index is -5.90. The van der Waals surface area contributed by atoms with Crippen molar-refractivity contribution >= 4 is 23.8 Å². The van der Waals surface area contributed by atoms with Crippen molar-refractivity contribution in [1.82, 2.24) is 0 Å². The van der Waals surface area contributed by atoms with Crippen molar-refractivity contribution in [2.75, 3.05) is 0 Å². The first-order chi connectivity index (χ1) is 6.96. The fourth-order valence-electron chi connectivity index (χ4n) is 0.827. The van der Waals surface area contributed by atoms with Crippen LogP contribution in [-0.4, -0.2) is 13.2 Å². The van der Waals surface area contributed by atoms with Gasteiger partial charge in [-0.05, 0) is 5.38 Å². The minimum Gasteiger partial charge on any atom is -0.445 e. The van der Waals surface area contributed by atoms with Gasteiger partial charge in [-0.15, -0.1) is 11.3 Å². The van der Waals surface area contributed by atoms with Crippen LogP contribution in [0, 0.1) is 0 Å². The Hall–Kier alpha value is 0.841. The van der Waals surface area contributed by atoms with Crippen LogP contribution in [0.25, 0.3) is 0 Å². The van der Waals surface area contributed by atoms with Crippen LogP contribution in [-0.2, 0) is 5.92 Å². The van der Waals surface area contributed by atoms with E-state index in [0.717, 1.165) is 0 Å². The first kappa shape index (κ1) is 17.8. The van der Waals surface area contributed by atoms with Crippen LogP contribution in [0.2, 0.25) is 0 Å². The van der Waals surface area contributed by atoms with Crippen LogP contribution in [0.4, 0.5) is 34.9 Å². The molecule has 0 radical (unpaired) electrons. The molecular weight excluding hydrogens is 306 g/mol. The van der Waals surface area contributed by atoms with Crippen molar-refractivity contribution in [2.24, 2.45) is 0 Å². The van der Waals surface area contributed by atoms with Crippen molar-refractivity contribution in [1.29, 1.82) is 0 Å². The van der Waals surface area contributed by atoms with Gasteiger partial charge in [-0.1, -0.05) is 11.5 Å². The monoisotopic (exact) mass is 308 g/mol. The van der Waals surface area contributed by atoms with Crippen molar-refractivity contribution in [3.8, 4) is 0 Å². The second-order valence-corrected chi connectivity index (χ2v) is 3.80. The summed E-state index contributed by atoms with van der Waals surface area (Å²) in [6.07, 6.45) is -5.90. The molecule has 0 aliphatic heterocycles. The molecule has 0 aliphatic rings. The summed E-state index contributed by atoms with van der Waals surface area (Å²) in [5, 5.41) is 0.245. The van der Waals surface area contributed by atoms with Crippen LogP contribution in [0.3, 0.4) is 0 Å². The zero-order valence-electron chi connectivity index (χ0n) is 8.16. The van der Waals surface area contributed by atoms with Gasteiger partial charge in [0.25, 0.3) is 0 Å². The number of hydrogen-bond acceptors (Lipinski definition) is 1. The Kier molecular flexibility index (Phi) is 5.72. The van der Waals surface area contributed by atoms with Crippen LogP contribution in [0.15, 0.2) is 11.4 Å². The van der Waals surface area contributed by atoms with E-state index in [-0.39, 0.29) is 74.2 Å². The van der Waals surface area contributed by atoms with E-state index in [2.05, 4.69) is 0 Å². The van der Waals surface area contributed by atoms with Crippen molar-refractivity contribution in [3.05, 3.63) is 16.3 Å². The Balaban J connectivity index is 0.00000256. The molecule has 1 rings (SSSR count). The summed E-state index contributed by atoms with van der Waals surface area (Å²) >= 11 is -0.264. The average molecular weight is 308 g/mol. The Morgan fingerprint density at radius 3 is 1.76 bits per heavy atom. The molecule has 0 atom stereocenters. The zero-order valence-corrected chi connectivity index (χ0v) is 12.1. The van der Waals surface area contributed by atoms with Gasteiger partial charge in [0.1, 0.15) is 0 Å². The summed E-state index contributed by atoms with van der Waals surface area (Å²) in [5.41, 5.74) is -1.45. The molecular formula is C6H2BF8KS. The molecule has 0 bridgehead atoms. The zero-order chi connectivity index (χ0) is 12.8. The van der Waals surface area contributed by atoms with Gasteiger partial charge in [-0.3, -0.25) is 0 Å². The Morgan fingerprint density at radius 1 is 1.00 bits per heavy atom. The molecule has 11 heteroatoms. The largest absolute Gasteiger partial charge is 1.00 e. The van der Waals surface area contributed by atoms with Crippen molar-refractivity contribution < 1.29 is 86.3 Å².